The van der Waals surface area contributed by atoms with Crippen LogP contribution in [0.5, 0.6) is 17.2 Å². The van der Waals surface area contributed by atoms with Gasteiger partial charge in [0.25, 0.3) is 0 Å². The van der Waals surface area contributed by atoms with Crippen molar-refractivity contribution >= 4 is 11.9 Å². The molecule has 0 radical (unpaired) electrons. The Bertz CT molecular complexity index is 1060. The molecule has 0 aliphatic rings. The molecule has 28 heavy (non-hydrogen) atoms. The van der Waals surface area contributed by atoms with E-state index in [1.807, 2.05) is 0 Å². The van der Waals surface area contributed by atoms with Crippen LogP contribution in [-0.4, -0.2) is 51.3 Å². The third kappa shape index (κ3) is 2.98. The van der Waals surface area contributed by atoms with Gasteiger partial charge in [-0.3, -0.25) is 0 Å². The van der Waals surface area contributed by atoms with Gasteiger partial charge in [0.15, 0.2) is 17.2 Å². The Morgan fingerprint density at radius 1 is 0.893 bits per heavy atom. The predicted molar refractivity (Wildman–Crippen MR) is 96.7 cm³/mol. The number of carbonyl (C=O) groups excluding carboxylic acids is 2. The van der Waals surface area contributed by atoms with E-state index in [2.05, 4.69) is 5.10 Å². The zero-order valence-corrected chi connectivity index (χ0v) is 14.9. The van der Waals surface area contributed by atoms with Gasteiger partial charge in [-0.05, 0) is 24.3 Å². The van der Waals surface area contributed by atoms with Crippen LogP contribution in [0.4, 0.5) is 0 Å². The molecule has 3 N–H and O–H groups in total. The molecule has 0 bridgehead atoms. The fourth-order valence-electron chi connectivity index (χ4n) is 2.70. The van der Waals surface area contributed by atoms with Crippen LogP contribution in [0.1, 0.15) is 20.8 Å². The van der Waals surface area contributed by atoms with Gasteiger partial charge in [-0.15, -0.1) is 0 Å². The van der Waals surface area contributed by atoms with Crippen LogP contribution in [-0.2, 0) is 9.47 Å². The number of hydrogen-bond acceptors (Lipinski definition) is 8. The minimum atomic E-state index is -0.899. The number of nitrogens with zero attached hydrogens (tertiary/aromatic N) is 2. The lowest BCUT2D eigenvalue weighted by molar-refractivity contribution is 0.0549. The number of aromatic nitrogens is 2. The predicted octanol–water partition coefficient (Wildman–Crippen LogP) is 2.23. The van der Waals surface area contributed by atoms with Gasteiger partial charge in [0.05, 0.1) is 19.9 Å². The fraction of sp³-hybridized carbons (Fsp3) is 0.105. The highest BCUT2D eigenvalue weighted by Gasteiger charge is 2.32. The average molecular weight is 384 g/mol. The van der Waals surface area contributed by atoms with Gasteiger partial charge < -0.3 is 24.8 Å². The van der Waals surface area contributed by atoms with Gasteiger partial charge in [0.1, 0.15) is 11.3 Å². The molecule has 0 aliphatic heterocycles. The van der Waals surface area contributed by atoms with Crippen LogP contribution >= 0.6 is 0 Å². The van der Waals surface area contributed by atoms with Crippen molar-refractivity contribution in [2.24, 2.45) is 0 Å². The Balaban J connectivity index is 2.41. The monoisotopic (exact) mass is 384 g/mol. The third-order valence-electron chi connectivity index (χ3n) is 4.04. The minimum Gasteiger partial charge on any atom is -0.504 e. The molecular formula is C19H16N2O7. The molecule has 1 heterocycles. The summed E-state index contributed by atoms with van der Waals surface area (Å²) in [4.78, 5) is 24.9. The van der Waals surface area contributed by atoms with Gasteiger partial charge in [-0.2, -0.15) is 5.10 Å². The SMILES string of the molecule is COC(=O)c1c(-c2ccc(O)c(O)c2O)nn(-c2ccccc2)c1C(=O)OC. The second kappa shape index (κ2) is 7.31. The lowest BCUT2D eigenvalue weighted by atomic mass is 10.0. The first-order valence-corrected chi connectivity index (χ1v) is 8.00. The second-order valence-electron chi connectivity index (χ2n) is 5.63. The molecule has 1 aromatic heterocycles. The quantitative estimate of drug-likeness (QED) is 0.461. The maximum Gasteiger partial charge on any atom is 0.357 e. The van der Waals surface area contributed by atoms with Gasteiger partial charge in [-0.1, -0.05) is 18.2 Å². The number of hydrogen-bond donors (Lipinski definition) is 3. The van der Waals surface area contributed by atoms with Crippen molar-refractivity contribution < 1.29 is 34.4 Å². The zero-order chi connectivity index (χ0) is 20.4. The molecule has 0 atom stereocenters. The first-order chi connectivity index (χ1) is 13.4. The Morgan fingerprint density at radius 2 is 1.54 bits per heavy atom. The maximum atomic E-state index is 12.5. The highest BCUT2D eigenvalue weighted by Crippen LogP contribution is 2.43. The van der Waals surface area contributed by atoms with Crippen LogP contribution in [0.25, 0.3) is 16.9 Å². The molecule has 0 aliphatic carbocycles. The molecule has 0 unspecified atom stereocenters. The van der Waals surface area contributed by atoms with Crippen molar-refractivity contribution in [2.75, 3.05) is 14.2 Å². The van der Waals surface area contributed by atoms with E-state index in [1.54, 1.807) is 30.3 Å². The standard InChI is InChI=1S/C19H16N2O7/c1-27-18(25)13-14(11-8-9-12(22)17(24)16(11)23)20-21(15(13)19(26)28-2)10-6-4-3-5-7-10/h3-9,22-24H,1-2H3. The molecule has 9 heteroatoms. The zero-order valence-electron chi connectivity index (χ0n) is 14.9. The number of esters is 2. The van der Waals surface area contributed by atoms with E-state index in [1.165, 1.54) is 10.7 Å². The summed E-state index contributed by atoms with van der Waals surface area (Å²) in [5.41, 5.74) is -0.262. The van der Waals surface area contributed by atoms with Gasteiger partial charge in [-0.25, -0.2) is 14.3 Å². The van der Waals surface area contributed by atoms with Crippen LogP contribution in [0, 0.1) is 0 Å². The fourth-order valence-corrected chi connectivity index (χ4v) is 2.70. The molecule has 3 rings (SSSR count). The lowest BCUT2D eigenvalue weighted by Crippen LogP contribution is -2.15. The number of phenolic OH excluding ortho intramolecular Hbond substituents is 3. The maximum absolute atomic E-state index is 12.5. The summed E-state index contributed by atoms with van der Waals surface area (Å²) in [6.45, 7) is 0. The number of rotatable bonds is 4. The Kier molecular flexibility index (Phi) is 4.90. The van der Waals surface area contributed by atoms with Crippen molar-refractivity contribution in [3.05, 3.63) is 53.7 Å². The van der Waals surface area contributed by atoms with E-state index in [0.717, 1.165) is 20.3 Å². The lowest BCUT2D eigenvalue weighted by Gasteiger charge is -2.07. The molecule has 2 aromatic carbocycles. The first kappa shape index (κ1) is 18.8. The van der Waals surface area contributed by atoms with Crippen molar-refractivity contribution in [1.82, 2.24) is 9.78 Å². The number of aromatic hydroxyl groups is 3. The number of ether oxygens (including phenoxy) is 2. The van der Waals surface area contributed by atoms with E-state index in [-0.39, 0.29) is 22.5 Å². The Morgan fingerprint density at radius 3 is 2.14 bits per heavy atom. The summed E-state index contributed by atoms with van der Waals surface area (Å²) in [6, 6.07) is 10.8. The third-order valence-corrected chi connectivity index (χ3v) is 4.04. The van der Waals surface area contributed by atoms with Gasteiger partial charge in [0.2, 0.25) is 5.75 Å². The minimum absolute atomic E-state index is 0.0875. The molecule has 9 nitrogen and oxygen atoms in total. The molecule has 3 aromatic rings. The van der Waals surface area contributed by atoms with E-state index >= 15 is 0 Å². The molecule has 0 spiro atoms. The molecular weight excluding hydrogens is 368 g/mol. The van der Waals surface area contributed by atoms with Gasteiger partial charge >= 0.3 is 11.9 Å². The molecule has 0 fully saturated rings. The number of para-hydroxylation sites is 1. The first-order valence-electron chi connectivity index (χ1n) is 8.00. The Labute approximate surface area is 159 Å². The van der Waals surface area contributed by atoms with E-state index < -0.39 is 29.2 Å². The highest BCUT2D eigenvalue weighted by molar-refractivity contribution is 6.07. The summed E-state index contributed by atoms with van der Waals surface area (Å²) in [5.74, 6) is -3.81. The van der Waals surface area contributed by atoms with E-state index in [4.69, 9.17) is 9.47 Å². The summed E-state index contributed by atoms with van der Waals surface area (Å²) in [6.07, 6.45) is 0. The normalized spacial score (nSPS) is 10.5. The van der Waals surface area contributed by atoms with Crippen molar-refractivity contribution in [2.45, 2.75) is 0 Å². The topological polar surface area (TPSA) is 131 Å². The number of carbonyl (C=O) groups is 2. The second-order valence-corrected chi connectivity index (χ2v) is 5.63. The average Bonchev–Trinajstić information content (AvgIpc) is 3.12. The molecule has 0 amide bonds. The Hall–Kier alpha value is -4.01. The molecule has 0 saturated heterocycles. The highest BCUT2D eigenvalue weighted by atomic mass is 16.5. The van der Waals surface area contributed by atoms with Crippen LogP contribution in [0.2, 0.25) is 0 Å². The van der Waals surface area contributed by atoms with Gasteiger partial charge in [0, 0.05) is 5.56 Å². The smallest absolute Gasteiger partial charge is 0.357 e. The summed E-state index contributed by atoms with van der Waals surface area (Å²) >= 11 is 0. The summed E-state index contributed by atoms with van der Waals surface area (Å²) in [7, 11) is 2.27. The van der Waals surface area contributed by atoms with E-state index in [9.17, 15) is 24.9 Å². The molecule has 0 saturated carbocycles. The van der Waals surface area contributed by atoms with Crippen LogP contribution in [0.3, 0.4) is 0 Å². The largest absolute Gasteiger partial charge is 0.504 e. The summed E-state index contributed by atoms with van der Waals surface area (Å²) in [5, 5.41) is 33.9. The number of benzene rings is 2. The number of methoxy groups -OCH3 is 2. The molecule has 144 valence electrons. The van der Waals surface area contributed by atoms with Crippen molar-refractivity contribution in [1.29, 1.82) is 0 Å². The summed E-state index contributed by atoms with van der Waals surface area (Å²) < 4.78 is 10.8. The van der Waals surface area contributed by atoms with Crippen LogP contribution in [0.15, 0.2) is 42.5 Å². The van der Waals surface area contributed by atoms with Crippen LogP contribution < -0.4 is 0 Å². The van der Waals surface area contributed by atoms with Crippen molar-refractivity contribution in [3.63, 3.8) is 0 Å². The van der Waals surface area contributed by atoms with Crippen molar-refractivity contribution in [3.8, 4) is 34.2 Å². The number of phenols is 3. The van der Waals surface area contributed by atoms with E-state index in [0.29, 0.717) is 5.69 Å².